The van der Waals surface area contributed by atoms with Crippen LogP contribution in [-0.4, -0.2) is 40.9 Å². The minimum absolute atomic E-state index is 0.0250. The average molecular weight is 389 g/mol. The van der Waals surface area contributed by atoms with Crippen molar-refractivity contribution < 1.29 is 9.53 Å². The fourth-order valence-electron chi connectivity index (χ4n) is 4.48. The van der Waals surface area contributed by atoms with Crippen LogP contribution in [0.25, 0.3) is 11.0 Å². The number of nitrogens with zero attached hydrogens (tertiary/aromatic N) is 3. The molecule has 0 N–H and O–H groups in total. The van der Waals surface area contributed by atoms with Crippen LogP contribution in [0.5, 0.6) is 5.75 Å². The molecule has 5 nitrogen and oxygen atoms in total. The van der Waals surface area contributed by atoms with Crippen LogP contribution in [-0.2, 0) is 6.54 Å². The number of benzene rings is 2. The van der Waals surface area contributed by atoms with Crippen LogP contribution in [0, 0.1) is 19.8 Å². The van der Waals surface area contributed by atoms with Crippen LogP contribution in [0.2, 0.25) is 0 Å². The fraction of sp³-hybridized carbons (Fsp3) is 0.375. The largest absolute Gasteiger partial charge is 0.496 e. The molecule has 0 bridgehead atoms. The predicted molar refractivity (Wildman–Crippen MR) is 114 cm³/mol. The average Bonchev–Trinajstić information content (AvgIpc) is 2.73. The normalized spacial score (nSPS) is 17.4. The maximum absolute atomic E-state index is 13.2. The first kappa shape index (κ1) is 19.5. The Morgan fingerprint density at radius 1 is 1.17 bits per heavy atom. The van der Waals surface area contributed by atoms with Crippen molar-refractivity contribution in [2.24, 2.45) is 5.92 Å². The molecule has 1 saturated heterocycles. The van der Waals surface area contributed by atoms with Gasteiger partial charge in [0.2, 0.25) is 0 Å². The summed E-state index contributed by atoms with van der Waals surface area (Å²) in [6.07, 6.45) is 5.43. The number of aromatic nitrogens is 2. The molecule has 0 radical (unpaired) electrons. The second-order valence-corrected chi connectivity index (χ2v) is 7.92. The van der Waals surface area contributed by atoms with Crippen molar-refractivity contribution >= 4 is 16.8 Å². The van der Waals surface area contributed by atoms with Crippen LogP contribution < -0.4 is 4.74 Å². The van der Waals surface area contributed by atoms with Crippen molar-refractivity contribution in [3.63, 3.8) is 0 Å². The Labute approximate surface area is 171 Å². The number of hydrogen-bond donors (Lipinski definition) is 0. The number of methoxy groups -OCH3 is 1. The highest BCUT2D eigenvalue weighted by Crippen LogP contribution is 2.28. The molecule has 0 unspecified atom stereocenters. The lowest BCUT2D eigenvalue weighted by Crippen LogP contribution is -2.38. The molecule has 29 heavy (non-hydrogen) atoms. The van der Waals surface area contributed by atoms with E-state index in [1.165, 1.54) is 5.56 Å². The fourth-order valence-corrected chi connectivity index (χ4v) is 4.48. The number of piperidine rings is 1. The van der Waals surface area contributed by atoms with Gasteiger partial charge in [-0.25, -0.2) is 0 Å². The molecule has 5 heteroatoms. The number of rotatable bonds is 5. The first-order chi connectivity index (χ1) is 14.1. The lowest BCUT2D eigenvalue weighted by Gasteiger charge is -2.32. The number of Topliss-reactive ketones (excluding diaryl/α,β-unsaturated/α-hetero) is 1. The third-order valence-electron chi connectivity index (χ3n) is 5.80. The quantitative estimate of drug-likeness (QED) is 0.607. The molecular formula is C24H27N3O2. The standard InChI is InChI=1S/C24H27N3O2/c1-16-12-20(13-17(2)24(16)29-3)23(28)19-7-5-11-27(15-19)14-18-6-4-8-21-22(18)26-10-9-25-21/h4,6,8-10,12-13,19H,5,7,11,14-15H2,1-3H3/t19-/m1/s1. The highest BCUT2D eigenvalue weighted by molar-refractivity contribution is 5.98. The molecule has 0 spiro atoms. The number of hydrogen-bond acceptors (Lipinski definition) is 5. The number of fused-ring (bicyclic) bond motifs is 1. The van der Waals surface area contributed by atoms with Crippen LogP contribution in [0.3, 0.4) is 0 Å². The summed E-state index contributed by atoms with van der Waals surface area (Å²) in [5.41, 5.74) is 5.85. The monoisotopic (exact) mass is 389 g/mol. The van der Waals surface area contributed by atoms with E-state index in [0.29, 0.717) is 0 Å². The van der Waals surface area contributed by atoms with E-state index < -0.39 is 0 Å². The lowest BCUT2D eigenvalue weighted by atomic mass is 9.88. The summed E-state index contributed by atoms with van der Waals surface area (Å²) < 4.78 is 5.44. The van der Waals surface area contributed by atoms with E-state index >= 15 is 0 Å². The first-order valence-corrected chi connectivity index (χ1v) is 10.2. The second-order valence-electron chi connectivity index (χ2n) is 7.92. The van der Waals surface area contributed by atoms with Gasteiger partial charge in [-0.3, -0.25) is 19.7 Å². The molecular weight excluding hydrogens is 362 g/mol. The van der Waals surface area contributed by atoms with Gasteiger partial charge in [-0.05, 0) is 68.1 Å². The zero-order chi connectivity index (χ0) is 20.4. The summed E-state index contributed by atoms with van der Waals surface area (Å²) in [6.45, 7) is 6.57. The van der Waals surface area contributed by atoms with Crippen molar-refractivity contribution in [1.82, 2.24) is 14.9 Å². The van der Waals surface area contributed by atoms with Gasteiger partial charge in [-0.2, -0.15) is 0 Å². The maximum Gasteiger partial charge on any atom is 0.167 e. The van der Waals surface area contributed by atoms with E-state index in [4.69, 9.17) is 4.74 Å². The van der Waals surface area contributed by atoms with Crippen molar-refractivity contribution in [2.75, 3.05) is 20.2 Å². The van der Waals surface area contributed by atoms with Crippen LogP contribution in [0.1, 0.15) is 39.9 Å². The number of carbonyl (C=O) groups excluding carboxylic acids is 1. The molecule has 1 fully saturated rings. The zero-order valence-electron chi connectivity index (χ0n) is 17.3. The summed E-state index contributed by atoms with van der Waals surface area (Å²) in [7, 11) is 1.67. The molecule has 1 atom stereocenters. The van der Waals surface area contributed by atoms with Gasteiger partial charge in [0, 0.05) is 37.0 Å². The number of carbonyl (C=O) groups is 1. The number of aryl methyl sites for hydroxylation is 2. The van der Waals surface area contributed by atoms with Gasteiger partial charge < -0.3 is 4.74 Å². The maximum atomic E-state index is 13.2. The van der Waals surface area contributed by atoms with Gasteiger partial charge in [0.25, 0.3) is 0 Å². The number of para-hydroxylation sites is 1. The molecule has 0 amide bonds. The Morgan fingerprint density at radius 3 is 2.69 bits per heavy atom. The summed E-state index contributed by atoms with van der Waals surface area (Å²) >= 11 is 0. The SMILES string of the molecule is COc1c(C)cc(C(=O)[C@@H]2CCCN(Cc3cccc4nccnc34)C2)cc1C. The molecule has 2 heterocycles. The van der Waals surface area contributed by atoms with E-state index in [0.717, 1.165) is 65.9 Å². The third kappa shape index (κ3) is 4.01. The molecule has 1 aliphatic heterocycles. The summed E-state index contributed by atoms with van der Waals surface area (Å²) in [5, 5.41) is 0. The zero-order valence-corrected chi connectivity index (χ0v) is 17.3. The Balaban J connectivity index is 1.52. The molecule has 1 aromatic heterocycles. The summed E-state index contributed by atoms with van der Waals surface area (Å²) in [6, 6.07) is 10.1. The molecule has 1 aliphatic rings. The topological polar surface area (TPSA) is 55.3 Å². The molecule has 2 aromatic carbocycles. The number of likely N-dealkylation sites (tertiary alicyclic amines) is 1. The summed E-state index contributed by atoms with van der Waals surface area (Å²) in [5.74, 6) is 1.13. The minimum atomic E-state index is 0.0250. The highest BCUT2D eigenvalue weighted by Gasteiger charge is 2.27. The van der Waals surface area contributed by atoms with Gasteiger partial charge in [0.05, 0.1) is 18.1 Å². The van der Waals surface area contributed by atoms with E-state index in [-0.39, 0.29) is 11.7 Å². The minimum Gasteiger partial charge on any atom is -0.496 e. The van der Waals surface area contributed by atoms with E-state index in [1.807, 2.05) is 38.1 Å². The molecule has 0 saturated carbocycles. The van der Waals surface area contributed by atoms with Crippen LogP contribution in [0.4, 0.5) is 0 Å². The molecule has 3 aromatic rings. The molecule has 150 valence electrons. The highest BCUT2D eigenvalue weighted by atomic mass is 16.5. The lowest BCUT2D eigenvalue weighted by molar-refractivity contribution is 0.0812. The Morgan fingerprint density at radius 2 is 1.93 bits per heavy atom. The second kappa shape index (κ2) is 8.29. The Hall–Kier alpha value is -2.79. The smallest absolute Gasteiger partial charge is 0.167 e. The Bertz CT molecular complexity index is 1020. The Kier molecular flexibility index (Phi) is 5.58. The number of ketones is 1. The van der Waals surface area contributed by atoms with Crippen molar-refractivity contribution in [1.29, 1.82) is 0 Å². The van der Waals surface area contributed by atoms with Crippen molar-refractivity contribution in [3.8, 4) is 5.75 Å². The van der Waals surface area contributed by atoms with Gasteiger partial charge in [0.1, 0.15) is 5.75 Å². The van der Waals surface area contributed by atoms with Gasteiger partial charge in [0.15, 0.2) is 5.78 Å². The predicted octanol–water partition coefficient (Wildman–Crippen LogP) is 4.35. The van der Waals surface area contributed by atoms with Gasteiger partial charge >= 0.3 is 0 Å². The van der Waals surface area contributed by atoms with Gasteiger partial charge in [-0.15, -0.1) is 0 Å². The van der Waals surface area contributed by atoms with Crippen molar-refractivity contribution in [3.05, 3.63) is 65.0 Å². The first-order valence-electron chi connectivity index (χ1n) is 10.2. The summed E-state index contributed by atoms with van der Waals surface area (Å²) in [4.78, 5) is 24.5. The van der Waals surface area contributed by atoms with E-state index in [2.05, 4.69) is 20.9 Å². The molecule has 0 aliphatic carbocycles. The third-order valence-corrected chi connectivity index (χ3v) is 5.80. The van der Waals surface area contributed by atoms with E-state index in [9.17, 15) is 4.79 Å². The van der Waals surface area contributed by atoms with Crippen LogP contribution in [0.15, 0.2) is 42.7 Å². The van der Waals surface area contributed by atoms with Crippen molar-refractivity contribution in [2.45, 2.75) is 33.2 Å². The van der Waals surface area contributed by atoms with E-state index in [1.54, 1.807) is 19.5 Å². The van der Waals surface area contributed by atoms with Gasteiger partial charge in [-0.1, -0.05) is 12.1 Å². The number of ether oxygens (including phenoxy) is 1. The van der Waals surface area contributed by atoms with Crippen LogP contribution >= 0.6 is 0 Å². The molecule has 4 rings (SSSR count).